The van der Waals surface area contributed by atoms with Gasteiger partial charge in [-0.25, -0.2) is 4.31 Å². The Morgan fingerprint density at radius 1 is 1.18 bits per heavy atom. The van der Waals surface area contributed by atoms with Gasteiger partial charge in [0.1, 0.15) is 5.75 Å². The summed E-state index contributed by atoms with van der Waals surface area (Å²) in [5.41, 5.74) is 2.59. The molecule has 0 fully saturated rings. The molecule has 0 spiro atoms. The molecule has 0 aliphatic carbocycles. The average molecular weight is 332 g/mol. The van der Waals surface area contributed by atoms with E-state index in [4.69, 9.17) is 16.3 Å². The van der Waals surface area contributed by atoms with Crippen molar-refractivity contribution in [3.63, 3.8) is 0 Å². The Morgan fingerprint density at radius 3 is 2.59 bits per heavy atom. The third-order valence-corrected chi connectivity index (χ3v) is 4.81. The minimum atomic E-state index is -0.0658. The molecule has 1 heterocycles. The van der Waals surface area contributed by atoms with Crippen LogP contribution in [0.4, 0.5) is 0 Å². The topological polar surface area (TPSA) is 29.5 Å². The number of halogens is 1. The first kappa shape index (κ1) is 15.0. The molecule has 2 aromatic rings. The fourth-order valence-corrected chi connectivity index (χ4v) is 3.31. The number of allylic oxidation sites excluding steroid dienone is 1. The SMILES string of the molecule is COc1ccc2c(c1)SN(C(=O)c1ccc(Cl)cc1)C(C)=C2. The summed E-state index contributed by atoms with van der Waals surface area (Å²) in [7, 11) is 1.63. The number of benzene rings is 2. The molecule has 22 heavy (non-hydrogen) atoms. The number of carbonyl (C=O) groups excluding carboxylic acids is 1. The molecule has 0 radical (unpaired) electrons. The lowest BCUT2D eigenvalue weighted by Crippen LogP contribution is -2.24. The van der Waals surface area contributed by atoms with Crippen molar-refractivity contribution in [2.24, 2.45) is 0 Å². The highest BCUT2D eigenvalue weighted by Crippen LogP contribution is 2.38. The van der Waals surface area contributed by atoms with E-state index < -0.39 is 0 Å². The van der Waals surface area contributed by atoms with Gasteiger partial charge in [-0.2, -0.15) is 0 Å². The van der Waals surface area contributed by atoms with Gasteiger partial charge in [0.15, 0.2) is 0 Å². The molecule has 0 saturated heterocycles. The first-order valence-electron chi connectivity index (χ1n) is 6.73. The first-order chi connectivity index (χ1) is 10.6. The summed E-state index contributed by atoms with van der Waals surface area (Å²) in [5.74, 6) is 0.710. The molecule has 0 atom stereocenters. The van der Waals surface area contributed by atoms with Crippen LogP contribution in [0.1, 0.15) is 22.8 Å². The highest BCUT2D eigenvalue weighted by molar-refractivity contribution is 7.97. The predicted octanol–water partition coefficient (Wildman–Crippen LogP) is 4.87. The highest BCUT2D eigenvalue weighted by atomic mass is 35.5. The normalized spacial score (nSPS) is 13.4. The molecule has 1 aliphatic rings. The third kappa shape index (κ3) is 2.85. The lowest BCUT2D eigenvalue weighted by atomic mass is 10.1. The van der Waals surface area contributed by atoms with Gasteiger partial charge in [0, 0.05) is 21.2 Å². The van der Waals surface area contributed by atoms with E-state index in [1.807, 2.05) is 31.2 Å². The van der Waals surface area contributed by atoms with Gasteiger partial charge in [-0.1, -0.05) is 17.7 Å². The van der Waals surface area contributed by atoms with Crippen molar-refractivity contribution in [1.29, 1.82) is 0 Å². The molecule has 0 aromatic heterocycles. The van der Waals surface area contributed by atoms with Crippen LogP contribution in [-0.4, -0.2) is 17.3 Å². The van der Waals surface area contributed by atoms with Crippen molar-refractivity contribution in [2.75, 3.05) is 7.11 Å². The smallest absolute Gasteiger partial charge is 0.268 e. The van der Waals surface area contributed by atoms with Crippen LogP contribution in [0, 0.1) is 0 Å². The van der Waals surface area contributed by atoms with Crippen molar-refractivity contribution in [1.82, 2.24) is 4.31 Å². The van der Waals surface area contributed by atoms with E-state index in [0.717, 1.165) is 21.9 Å². The van der Waals surface area contributed by atoms with E-state index in [1.165, 1.54) is 11.9 Å². The molecule has 3 nitrogen and oxygen atoms in total. The summed E-state index contributed by atoms with van der Waals surface area (Å²) in [6, 6.07) is 12.8. The number of carbonyl (C=O) groups is 1. The second-order valence-corrected chi connectivity index (χ2v) is 6.31. The van der Waals surface area contributed by atoms with Gasteiger partial charge < -0.3 is 4.74 Å². The average Bonchev–Trinajstić information content (AvgIpc) is 2.54. The maximum atomic E-state index is 12.7. The number of amides is 1. The van der Waals surface area contributed by atoms with Crippen LogP contribution in [0.3, 0.4) is 0 Å². The van der Waals surface area contributed by atoms with Gasteiger partial charge in [0.2, 0.25) is 0 Å². The number of nitrogens with zero attached hydrogens (tertiary/aromatic N) is 1. The lowest BCUT2D eigenvalue weighted by Gasteiger charge is -2.27. The van der Waals surface area contributed by atoms with Crippen LogP contribution in [0.5, 0.6) is 5.75 Å². The lowest BCUT2D eigenvalue weighted by molar-refractivity contribution is 0.0898. The van der Waals surface area contributed by atoms with Gasteiger partial charge >= 0.3 is 0 Å². The molecule has 0 saturated carbocycles. The molecule has 3 rings (SSSR count). The van der Waals surface area contributed by atoms with Gasteiger partial charge in [0.05, 0.1) is 7.11 Å². The fourth-order valence-electron chi connectivity index (χ4n) is 2.21. The number of rotatable bonds is 2. The maximum Gasteiger partial charge on any atom is 0.268 e. The van der Waals surface area contributed by atoms with E-state index in [-0.39, 0.29) is 5.91 Å². The summed E-state index contributed by atoms with van der Waals surface area (Å²) in [5, 5.41) is 0.616. The third-order valence-electron chi connectivity index (χ3n) is 3.37. The summed E-state index contributed by atoms with van der Waals surface area (Å²) >= 11 is 7.28. The summed E-state index contributed by atoms with van der Waals surface area (Å²) in [4.78, 5) is 13.7. The number of fused-ring (bicyclic) bond motifs is 1. The molecule has 5 heteroatoms. The first-order valence-corrected chi connectivity index (χ1v) is 7.88. The van der Waals surface area contributed by atoms with Gasteiger partial charge in [0.25, 0.3) is 5.91 Å². The second-order valence-electron chi connectivity index (χ2n) is 4.89. The molecule has 1 aliphatic heterocycles. The molecule has 1 amide bonds. The molecule has 112 valence electrons. The van der Waals surface area contributed by atoms with E-state index in [1.54, 1.807) is 35.7 Å². The van der Waals surface area contributed by atoms with Crippen molar-refractivity contribution in [2.45, 2.75) is 11.8 Å². The Kier molecular flexibility index (Phi) is 4.14. The van der Waals surface area contributed by atoms with Crippen molar-refractivity contribution < 1.29 is 9.53 Å². The zero-order valence-corrected chi connectivity index (χ0v) is 13.7. The Balaban J connectivity index is 1.92. The highest BCUT2D eigenvalue weighted by Gasteiger charge is 2.24. The number of ether oxygens (including phenoxy) is 1. The zero-order chi connectivity index (χ0) is 15.7. The van der Waals surface area contributed by atoms with Crippen LogP contribution in [0.25, 0.3) is 6.08 Å². The minimum absolute atomic E-state index is 0.0658. The maximum absolute atomic E-state index is 12.7. The minimum Gasteiger partial charge on any atom is -0.497 e. The van der Waals surface area contributed by atoms with Crippen LogP contribution in [-0.2, 0) is 0 Å². The molecular formula is C17H14ClNO2S. The van der Waals surface area contributed by atoms with Crippen molar-refractivity contribution in [3.05, 3.63) is 64.3 Å². The van der Waals surface area contributed by atoms with Crippen LogP contribution in [0.2, 0.25) is 5.02 Å². The Bertz CT molecular complexity index is 756. The monoisotopic (exact) mass is 331 g/mol. The van der Waals surface area contributed by atoms with E-state index in [9.17, 15) is 4.79 Å². The summed E-state index contributed by atoms with van der Waals surface area (Å²) < 4.78 is 6.93. The van der Waals surface area contributed by atoms with Crippen LogP contribution in [0.15, 0.2) is 53.1 Å². The Labute approximate surface area is 138 Å². The number of hydrogen-bond acceptors (Lipinski definition) is 3. The molecule has 0 N–H and O–H groups in total. The van der Waals surface area contributed by atoms with E-state index >= 15 is 0 Å². The van der Waals surface area contributed by atoms with Crippen molar-refractivity contribution >= 4 is 35.5 Å². The number of hydrogen-bond donors (Lipinski definition) is 0. The zero-order valence-electron chi connectivity index (χ0n) is 12.2. The summed E-state index contributed by atoms with van der Waals surface area (Å²) in [6.07, 6.45) is 2.00. The van der Waals surface area contributed by atoms with E-state index in [0.29, 0.717) is 10.6 Å². The largest absolute Gasteiger partial charge is 0.497 e. The molecular weight excluding hydrogens is 318 g/mol. The van der Waals surface area contributed by atoms with Crippen LogP contribution < -0.4 is 4.74 Å². The van der Waals surface area contributed by atoms with Gasteiger partial charge in [-0.15, -0.1) is 0 Å². The number of methoxy groups -OCH3 is 1. The Hall–Kier alpha value is -1.91. The van der Waals surface area contributed by atoms with Gasteiger partial charge in [-0.05, 0) is 66.9 Å². The van der Waals surface area contributed by atoms with Gasteiger partial charge in [-0.3, -0.25) is 4.79 Å². The quantitative estimate of drug-likeness (QED) is 0.735. The van der Waals surface area contributed by atoms with Crippen LogP contribution >= 0.6 is 23.5 Å². The molecule has 0 unspecified atom stereocenters. The van der Waals surface area contributed by atoms with Crippen molar-refractivity contribution in [3.8, 4) is 5.75 Å². The second kappa shape index (κ2) is 6.07. The Morgan fingerprint density at radius 2 is 1.91 bits per heavy atom. The summed E-state index contributed by atoms with van der Waals surface area (Å²) in [6.45, 7) is 1.92. The predicted molar refractivity (Wildman–Crippen MR) is 90.1 cm³/mol. The van der Waals surface area contributed by atoms with E-state index in [2.05, 4.69) is 0 Å². The standard InChI is InChI=1S/C17H14ClNO2S/c1-11-9-13-5-8-15(21-2)10-16(13)22-19(11)17(20)12-3-6-14(18)7-4-12/h3-10H,1-2H3. The fraction of sp³-hybridized carbons (Fsp3) is 0.118. The molecule has 0 bridgehead atoms. The molecule has 2 aromatic carbocycles.